The van der Waals surface area contributed by atoms with Crippen LogP contribution in [0, 0.1) is 0 Å². The molecule has 0 unspecified atom stereocenters. The minimum Gasteiger partial charge on any atom is -0.378 e. The Balaban J connectivity index is 1.49. The molecule has 0 radical (unpaired) electrons. The average Bonchev–Trinajstić information content (AvgIpc) is 3.24. The molecule has 2 heterocycles. The monoisotopic (exact) mass is 399 g/mol. The molecule has 0 atom stereocenters. The van der Waals surface area contributed by atoms with Crippen LogP contribution in [0.3, 0.4) is 0 Å². The van der Waals surface area contributed by atoms with E-state index < -0.39 is 0 Å². The van der Waals surface area contributed by atoms with Gasteiger partial charge in [-0.3, -0.25) is 4.79 Å². The number of carbonyl (C=O) groups is 1. The molecule has 0 spiro atoms. The first-order valence-electron chi connectivity index (χ1n) is 9.85. The van der Waals surface area contributed by atoms with Crippen LogP contribution in [0.5, 0.6) is 0 Å². The summed E-state index contributed by atoms with van der Waals surface area (Å²) in [5.41, 5.74) is 4.75. The smallest absolute Gasteiger partial charge is 0.264 e. The van der Waals surface area contributed by atoms with Crippen LogP contribution in [-0.4, -0.2) is 37.1 Å². The zero-order valence-corrected chi connectivity index (χ0v) is 16.8. The van der Waals surface area contributed by atoms with Gasteiger partial charge in [0.25, 0.3) is 5.91 Å². The molecule has 4 aromatic rings. The fourth-order valence-corrected chi connectivity index (χ4v) is 4.87. The van der Waals surface area contributed by atoms with Gasteiger partial charge in [-0.25, -0.2) is 0 Å². The van der Waals surface area contributed by atoms with E-state index in [1.54, 1.807) is 11.3 Å². The van der Waals surface area contributed by atoms with Gasteiger partial charge in [-0.05, 0) is 34.4 Å². The van der Waals surface area contributed by atoms with Crippen molar-refractivity contribution in [2.75, 3.05) is 26.3 Å². The van der Waals surface area contributed by atoms with Crippen molar-refractivity contribution in [1.29, 1.82) is 0 Å². The minimum absolute atomic E-state index is 0.111. The minimum atomic E-state index is 0.111. The van der Waals surface area contributed by atoms with Crippen molar-refractivity contribution in [2.24, 2.45) is 0 Å². The summed E-state index contributed by atoms with van der Waals surface area (Å²) in [5, 5.41) is 1.14. The van der Waals surface area contributed by atoms with E-state index in [0.717, 1.165) is 15.0 Å². The molecule has 4 heteroatoms. The SMILES string of the molecule is O=C(c1cc2c(-c3ccc(-c4ccccc4)cc3)cccc2s1)N1CCOCC1. The fourth-order valence-electron chi connectivity index (χ4n) is 3.81. The Morgan fingerprint density at radius 3 is 2.24 bits per heavy atom. The Bertz CT molecular complexity index is 1140. The second kappa shape index (κ2) is 7.82. The molecule has 3 aromatic carbocycles. The summed E-state index contributed by atoms with van der Waals surface area (Å²) in [6, 6.07) is 27.4. The summed E-state index contributed by atoms with van der Waals surface area (Å²) >= 11 is 1.58. The van der Waals surface area contributed by atoms with Crippen LogP contribution in [0.4, 0.5) is 0 Å². The van der Waals surface area contributed by atoms with E-state index in [1.165, 1.54) is 22.3 Å². The van der Waals surface area contributed by atoms with Crippen molar-refractivity contribution in [2.45, 2.75) is 0 Å². The molecule has 5 rings (SSSR count). The average molecular weight is 400 g/mol. The molecule has 1 saturated heterocycles. The number of benzene rings is 3. The highest BCUT2D eigenvalue weighted by molar-refractivity contribution is 7.20. The number of morpholine rings is 1. The van der Waals surface area contributed by atoms with Crippen LogP contribution in [0.1, 0.15) is 9.67 Å². The molecular formula is C25H21NO2S. The van der Waals surface area contributed by atoms with Gasteiger partial charge in [0.15, 0.2) is 0 Å². The summed E-state index contributed by atoms with van der Waals surface area (Å²) in [5.74, 6) is 0.111. The number of fused-ring (bicyclic) bond motifs is 1. The maximum atomic E-state index is 12.9. The summed E-state index contributed by atoms with van der Waals surface area (Å²) in [6.45, 7) is 2.58. The van der Waals surface area contributed by atoms with Crippen molar-refractivity contribution in [3.05, 3.63) is 83.7 Å². The lowest BCUT2D eigenvalue weighted by molar-refractivity contribution is 0.0306. The van der Waals surface area contributed by atoms with Gasteiger partial charge in [0, 0.05) is 23.2 Å². The van der Waals surface area contributed by atoms with E-state index in [4.69, 9.17) is 4.74 Å². The number of hydrogen-bond donors (Lipinski definition) is 0. The van der Waals surface area contributed by atoms with Gasteiger partial charge in [0.05, 0.1) is 18.1 Å². The highest BCUT2D eigenvalue weighted by Crippen LogP contribution is 2.35. The van der Waals surface area contributed by atoms with Crippen LogP contribution < -0.4 is 0 Å². The Morgan fingerprint density at radius 2 is 1.48 bits per heavy atom. The third kappa shape index (κ3) is 3.57. The van der Waals surface area contributed by atoms with Crippen molar-refractivity contribution in [3.8, 4) is 22.3 Å². The normalized spacial score (nSPS) is 14.3. The van der Waals surface area contributed by atoms with E-state index in [1.807, 2.05) is 11.0 Å². The number of hydrogen-bond acceptors (Lipinski definition) is 3. The Hall–Kier alpha value is -2.95. The second-order valence-electron chi connectivity index (χ2n) is 7.18. The molecule has 1 fully saturated rings. The van der Waals surface area contributed by atoms with Crippen LogP contribution in [0.15, 0.2) is 78.9 Å². The van der Waals surface area contributed by atoms with E-state index in [-0.39, 0.29) is 5.91 Å². The first-order valence-corrected chi connectivity index (χ1v) is 10.7. The first kappa shape index (κ1) is 18.1. The maximum absolute atomic E-state index is 12.9. The molecule has 1 aliphatic heterocycles. The van der Waals surface area contributed by atoms with Gasteiger partial charge in [-0.2, -0.15) is 0 Å². The molecule has 0 bridgehead atoms. The summed E-state index contributed by atoms with van der Waals surface area (Å²) in [6.07, 6.45) is 0. The van der Waals surface area contributed by atoms with Gasteiger partial charge >= 0.3 is 0 Å². The van der Waals surface area contributed by atoms with Crippen molar-refractivity contribution >= 4 is 27.3 Å². The third-order valence-electron chi connectivity index (χ3n) is 5.37. The zero-order valence-electron chi connectivity index (χ0n) is 16.0. The van der Waals surface area contributed by atoms with E-state index in [9.17, 15) is 4.79 Å². The van der Waals surface area contributed by atoms with Gasteiger partial charge in [-0.15, -0.1) is 11.3 Å². The number of amides is 1. The first-order chi connectivity index (χ1) is 14.3. The van der Waals surface area contributed by atoms with E-state index >= 15 is 0 Å². The van der Waals surface area contributed by atoms with Crippen molar-refractivity contribution < 1.29 is 9.53 Å². The molecule has 0 aliphatic carbocycles. The van der Waals surface area contributed by atoms with Crippen LogP contribution in [0.2, 0.25) is 0 Å². The Kier molecular flexibility index (Phi) is 4.88. The lowest BCUT2D eigenvalue weighted by Gasteiger charge is -2.26. The van der Waals surface area contributed by atoms with E-state index in [2.05, 4.69) is 72.8 Å². The van der Waals surface area contributed by atoms with Gasteiger partial charge in [0.2, 0.25) is 0 Å². The van der Waals surface area contributed by atoms with Crippen LogP contribution in [0.25, 0.3) is 32.3 Å². The summed E-state index contributed by atoms with van der Waals surface area (Å²) < 4.78 is 6.52. The van der Waals surface area contributed by atoms with Crippen LogP contribution >= 0.6 is 11.3 Å². The summed E-state index contributed by atoms with van der Waals surface area (Å²) in [4.78, 5) is 15.6. The standard InChI is InChI=1S/C25H21NO2S/c27-25(26-13-15-28-16-14-26)24-17-22-21(7-4-8-23(22)29-24)20-11-9-19(10-12-20)18-5-2-1-3-6-18/h1-12,17H,13-16H2. The highest BCUT2D eigenvalue weighted by Gasteiger charge is 2.21. The summed E-state index contributed by atoms with van der Waals surface area (Å²) in [7, 11) is 0. The molecule has 1 aliphatic rings. The Morgan fingerprint density at radius 1 is 0.793 bits per heavy atom. The maximum Gasteiger partial charge on any atom is 0.264 e. The number of carbonyl (C=O) groups excluding carboxylic acids is 1. The molecule has 29 heavy (non-hydrogen) atoms. The lowest BCUT2D eigenvalue weighted by atomic mass is 9.98. The van der Waals surface area contributed by atoms with Crippen LogP contribution in [-0.2, 0) is 4.74 Å². The second-order valence-corrected chi connectivity index (χ2v) is 8.26. The van der Waals surface area contributed by atoms with Gasteiger partial charge < -0.3 is 9.64 Å². The number of rotatable bonds is 3. The largest absolute Gasteiger partial charge is 0.378 e. The fraction of sp³-hybridized carbons (Fsp3) is 0.160. The number of ether oxygens (including phenoxy) is 1. The Labute approximate surface area is 174 Å². The molecular weight excluding hydrogens is 378 g/mol. The predicted octanol–water partition coefficient (Wildman–Crippen LogP) is 5.71. The number of nitrogens with zero attached hydrogens (tertiary/aromatic N) is 1. The van der Waals surface area contributed by atoms with Crippen molar-refractivity contribution in [3.63, 3.8) is 0 Å². The van der Waals surface area contributed by atoms with Crippen molar-refractivity contribution in [1.82, 2.24) is 4.90 Å². The van der Waals surface area contributed by atoms with Gasteiger partial charge in [0.1, 0.15) is 0 Å². The lowest BCUT2D eigenvalue weighted by Crippen LogP contribution is -2.40. The predicted molar refractivity (Wildman–Crippen MR) is 119 cm³/mol. The molecule has 1 amide bonds. The van der Waals surface area contributed by atoms with Gasteiger partial charge in [-0.1, -0.05) is 66.7 Å². The van der Waals surface area contributed by atoms with E-state index in [0.29, 0.717) is 26.3 Å². The topological polar surface area (TPSA) is 29.5 Å². The molecule has 1 aromatic heterocycles. The highest BCUT2D eigenvalue weighted by atomic mass is 32.1. The molecule has 0 saturated carbocycles. The zero-order chi connectivity index (χ0) is 19.6. The molecule has 0 N–H and O–H groups in total. The molecule has 144 valence electrons. The molecule has 3 nitrogen and oxygen atoms in total. The number of thiophene rings is 1. The quantitative estimate of drug-likeness (QED) is 0.442. The third-order valence-corrected chi connectivity index (χ3v) is 6.46.